The van der Waals surface area contributed by atoms with Crippen molar-refractivity contribution in [2.24, 2.45) is 7.05 Å². The lowest BCUT2D eigenvalue weighted by molar-refractivity contribution is 0.0525. The molecule has 6 heteroatoms. The third-order valence-corrected chi connectivity index (χ3v) is 3.23. The van der Waals surface area contributed by atoms with E-state index in [9.17, 15) is 4.79 Å². The van der Waals surface area contributed by atoms with E-state index >= 15 is 0 Å². The maximum Gasteiger partial charge on any atom is 0.341 e. The lowest BCUT2D eigenvalue weighted by Crippen LogP contribution is -2.20. The number of ether oxygens (including phenoxy) is 1. The minimum atomic E-state index is -0.335. The molecule has 0 saturated heterocycles. The standard InChI is InChI=1S/C14H20N4O2/c1-5-20-14(19)12-8-15-17(4)13(12)9-16-18-10(2)6-7-11(18)3/h6-8,16H,5,9H2,1-4H3. The second kappa shape index (κ2) is 5.81. The van der Waals surface area contributed by atoms with Gasteiger partial charge in [-0.05, 0) is 32.9 Å². The summed E-state index contributed by atoms with van der Waals surface area (Å²) in [4.78, 5) is 11.9. The predicted molar refractivity (Wildman–Crippen MR) is 76.1 cm³/mol. The number of nitrogens with one attached hydrogen (secondary N) is 1. The van der Waals surface area contributed by atoms with E-state index in [2.05, 4.69) is 10.5 Å². The van der Waals surface area contributed by atoms with Crippen LogP contribution in [-0.2, 0) is 18.3 Å². The van der Waals surface area contributed by atoms with E-state index in [-0.39, 0.29) is 5.97 Å². The van der Waals surface area contributed by atoms with Crippen molar-refractivity contribution >= 4 is 5.97 Å². The molecule has 1 N–H and O–H groups in total. The third-order valence-electron chi connectivity index (χ3n) is 3.23. The molecule has 2 aromatic heterocycles. The summed E-state index contributed by atoms with van der Waals surface area (Å²) in [7, 11) is 1.81. The van der Waals surface area contributed by atoms with Gasteiger partial charge in [0.2, 0.25) is 0 Å². The number of aromatic nitrogens is 3. The average molecular weight is 276 g/mol. The van der Waals surface area contributed by atoms with E-state index in [1.807, 2.05) is 37.7 Å². The van der Waals surface area contributed by atoms with Crippen molar-refractivity contribution in [2.45, 2.75) is 27.3 Å². The Labute approximate surface area is 118 Å². The highest BCUT2D eigenvalue weighted by Gasteiger charge is 2.17. The molecule has 108 valence electrons. The summed E-state index contributed by atoms with van der Waals surface area (Å²) >= 11 is 0. The van der Waals surface area contributed by atoms with Gasteiger partial charge in [-0.1, -0.05) is 0 Å². The summed E-state index contributed by atoms with van der Waals surface area (Å²) in [5, 5.41) is 4.13. The van der Waals surface area contributed by atoms with E-state index < -0.39 is 0 Å². The van der Waals surface area contributed by atoms with E-state index in [1.165, 1.54) is 0 Å². The number of carbonyl (C=O) groups excluding carboxylic acids is 1. The van der Waals surface area contributed by atoms with Crippen LogP contribution in [0.1, 0.15) is 34.4 Å². The normalized spacial score (nSPS) is 10.6. The SMILES string of the molecule is CCOC(=O)c1cnn(C)c1CNn1c(C)ccc1C. The molecule has 0 aliphatic rings. The molecule has 0 radical (unpaired) electrons. The molecule has 0 aliphatic heterocycles. The fraction of sp³-hybridized carbons (Fsp3) is 0.429. The molecule has 0 spiro atoms. The van der Waals surface area contributed by atoms with Crippen LogP contribution < -0.4 is 5.43 Å². The number of hydrogen-bond donors (Lipinski definition) is 1. The maximum absolute atomic E-state index is 11.9. The predicted octanol–water partition coefficient (Wildman–Crippen LogP) is 1.76. The molecule has 0 aromatic carbocycles. The largest absolute Gasteiger partial charge is 0.462 e. The Bertz CT molecular complexity index is 593. The van der Waals surface area contributed by atoms with Gasteiger partial charge in [-0.15, -0.1) is 0 Å². The highest BCUT2D eigenvalue weighted by molar-refractivity contribution is 5.90. The van der Waals surface area contributed by atoms with Gasteiger partial charge in [0, 0.05) is 18.4 Å². The van der Waals surface area contributed by atoms with Crippen LogP contribution in [0.2, 0.25) is 0 Å². The minimum Gasteiger partial charge on any atom is -0.462 e. The first kappa shape index (κ1) is 14.2. The first-order valence-corrected chi connectivity index (χ1v) is 6.61. The second-order valence-corrected chi connectivity index (χ2v) is 4.64. The van der Waals surface area contributed by atoms with Gasteiger partial charge in [0.15, 0.2) is 0 Å². The molecule has 20 heavy (non-hydrogen) atoms. The van der Waals surface area contributed by atoms with Crippen LogP contribution >= 0.6 is 0 Å². The Kier molecular flexibility index (Phi) is 4.12. The Morgan fingerprint density at radius 2 is 2.00 bits per heavy atom. The fourth-order valence-electron chi connectivity index (χ4n) is 2.12. The number of rotatable bonds is 5. The molecule has 0 amide bonds. The van der Waals surface area contributed by atoms with E-state index in [4.69, 9.17) is 4.74 Å². The molecule has 6 nitrogen and oxygen atoms in total. The monoisotopic (exact) mass is 276 g/mol. The third kappa shape index (κ3) is 2.68. The topological polar surface area (TPSA) is 61.1 Å². The van der Waals surface area contributed by atoms with Gasteiger partial charge >= 0.3 is 5.97 Å². The molecule has 0 unspecified atom stereocenters. The molecular formula is C14H20N4O2. The summed E-state index contributed by atoms with van der Waals surface area (Å²) in [5.41, 5.74) is 6.82. The number of nitrogens with zero attached hydrogens (tertiary/aromatic N) is 3. The fourth-order valence-corrected chi connectivity index (χ4v) is 2.12. The van der Waals surface area contributed by atoms with E-state index in [0.717, 1.165) is 17.1 Å². The van der Waals surface area contributed by atoms with Crippen molar-refractivity contribution in [2.75, 3.05) is 12.0 Å². The van der Waals surface area contributed by atoms with Crippen LogP contribution in [0, 0.1) is 13.8 Å². The molecule has 2 heterocycles. The number of carbonyl (C=O) groups is 1. The molecule has 0 aliphatic carbocycles. The van der Waals surface area contributed by atoms with Crippen LogP contribution in [0.3, 0.4) is 0 Å². The number of esters is 1. The molecule has 0 bridgehead atoms. The Balaban J connectivity index is 2.17. The smallest absolute Gasteiger partial charge is 0.341 e. The van der Waals surface area contributed by atoms with Gasteiger partial charge in [-0.2, -0.15) is 5.10 Å². The zero-order valence-corrected chi connectivity index (χ0v) is 12.3. The van der Waals surface area contributed by atoms with Gasteiger partial charge in [-0.3, -0.25) is 9.36 Å². The lowest BCUT2D eigenvalue weighted by Gasteiger charge is -2.13. The van der Waals surface area contributed by atoms with Crippen molar-refractivity contribution in [3.63, 3.8) is 0 Å². The van der Waals surface area contributed by atoms with Gasteiger partial charge in [0.25, 0.3) is 0 Å². The van der Waals surface area contributed by atoms with E-state index in [0.29, 0.717) is 18.7 Å². The Morgan fingerprint density at radius 3 is 2.60 bits per heavy atom. The number of aryl methyl sites for hydroxylation is 3. The van der Waals surface area contributed by atoms with Crippen molar-refractivity contribution in [1.82, 2.24) is 14.5 Å². The van der Waals surface area contributed by atoms with Crippen molar-refractivity contribution in [3.05, 3.63) is 41.0 Å². The van der Waals surface area contributed by atoms with Crippen molar-refractivity contribution < 1.29 is 9.53 Å². The summed E-state index contributed by atoms with van der Waals surface area (Å²) in [6.45, 7) is 6.70. The van der Waals surface area contributed by atoms with Crippen LogP contribution in [-0.4, -0.2) is 27.0 Å². The van der Waals surface area contributed by atoms with Gasteiger partial charge < -0.3 is 10.2 Å². The zero-order chi connectivity index (χ0) is 14.7. The first-order chi connectivity index (χ1) is 9.54. The van der Waals surface area contributed by atoms with E-state index in [1.54, 1.807) is 17.8 Å². The van der Waals surface area contributed by atoms with Crippen LogP contribution in [0.4, 0.5) is 0 Å². The van der Waals surface area contributed by atoms with Crippen molar-refractivity contribution in [1.29, 1.82) is 0 Å². The highest BCUT2D eigenvalue weighted by atomic mass is 16.5. The summed E-state index contributed by atoms with van der Waals surface area (Å²) in [6.07, 6.45) is 1.55. The van der Waals surface area contributed by atoms with Gasteiger partial charge in [0.05, 0.1) is 25.0 Å². The quantitative estimate of drug-likeness (QED) is 0.845. The van der Waals surface area contributed by atoms with Crippen LogP contribution in [0.5, 0.6) is 0 Å². The molecule has 0 saturated carbocycles. The highest BCUT2D eigenvalue weighted by Crippen LogP contribution is 2.11. The molecule has 2 aromatic rings. The Morgan fingerprint density at radius 1 is 1.35 bits per heavy atom. The average Bonchev–Trinajstić information content (AvgIpc) is 2.92. The van der Waals surface area contributed by atoms with Gasteiger partial charge in [0.1, 0.15) is 5.56 Å². The summed E-state index contributed by atoms with van der Waals surface area (Å²) in [6, 6.07) is 4.08. The minimum absolute atomic E-state index is 0.335. The zero-order valence-electron chi connectivity index (χ0n) is 12.3. The number of hydrogen-bond acceptors (Lipinski definition) is 4. The maximum atomic E-state index is 11.9. The first-order valence-electron chi connectivity index (χ1n) is 6.61. The second-order valence-electron chi connectivity index (χ2n) is 4.64. The van der Waals surface area contributed by atoms with Gasteiger partial charge in [-0.25, -0.2) is 4.79 Å². The molecular weight excluding hydrogens is 256 g/mol. The van der Waals surface area contributed by atoms with Crippen molar-refractivity contribution in [3.8, 4) is 0 Å². The van der Waals surface area contributed by atoms with Crippen LogP contribution in [0.25, 0.3) is 0 Å². The van der Waals surface area contributed by atoms with Crippen LogP contribution in [0.15, 0.2) is 18.3 Å². The molecule has 0 fully saturated rings. The lowest BCUT2D eigenvalue weighted by atomic mass is 10.2. The Hall–Kier alpha value is -2.24. The molecule has 0 atom stereocenters. The summed E-state index contributed by atoms with van der Waals surface area (Å²) < 4.78 is 8.72. The molecule has 2 rings (SSSR count). The summed E-state index contributed by atoms with van der Waals surface area (Å²) in [5.74, 6) is -0.335.